The van der Waals surface area contributed by atoms with Crippen LogP contribution in [0.4, 0.5) is 0 Å². The summed E-state index contributed by atoms with van der Waals surface area (Å²) < 4.78 is 6.00. The fourth-order valence-electron chi connectivity index (χ4n) is 1.53. The van der Waals surface area contributed by atoms with Gasteiger partial charge in [0, 0.05) is 10.8 Å². The summed E-state index contributed by atoms with van der Waals surface area (Å²) in [6.45, 7) is 5.30. The molecular weight excluding hydrogens is 337 g/mol. The van der Waals surface area contributed by atoms with Crippen LogP contribution in [0.1, 0.15) is 20.3 Å². The van der Waals surface area contributed by atoms with Gasteiger partial charge in [-0.1, -0.05) is 37.0 Å². The van der Waals surface area contributed by atoms with E-state index in [2.05, 4.69) is 19.2 Å². The summed E-state index contributed by atoms with van der Waals surface area (Å²) >= 11 is 13.9. The molecule has 0 bridgehead atoms. The van der Waals surface area contributed by atoms with Gasteiger partial charge in [0.15, 0.2) is 0 Å². The lowest BCUT2D eigenvalue weighted by atomic mass is 10.2. The molecule has 6 heteroatoms. The molecule has 0 spiro atoms. The molecule has 0 aliphatic heterocycles. The quantitative estimate of drug-likeness (QED) is 0.713. The normalized spacial score (nSPS) is 12.1. The summed E-state index contributed by atoms with van der Waals surface area (Å²) in [6, 6.07) is 5.34. The molecule has 0 amide bonds. The summed E-state index contributed by atoms with van der Waals surface area (Å²) in [5, 5.41) is 4.94. The van der Waals surface area contributed by atoms with E-state index in [0.29, 0.717) is 21.0 Å². The van der Waals surface area contributed by atoms with Crippen LogP contribution in [-0.4, -0.2) is 30.7 Å². The van der Waals surface area contributed by atoms with Gasteiger partial charge >= 0.3 is 0 Å². The van der Waals surface area contributed by atoms with Crippen molar-refractivity contribution in [2.45, 2.75) is 31.6 Å². The fraction of sp³-hybridized carbons (Fsp3) is 0.571. The van der Waals surface area contributed by atoms with E-state index in [4.69, 9.17) is 27.9 Å². The Morgan fingerprint density at radius 1 is 1.30 bits per heavy atom. The van der Waals surface area contributed by atoms with Gasteiger partial charge in [0.05, 0.1) is 5.02 Å². The highest BCUT2D eigenvalue weighted by atomic mass is 35.5. The first-order valence-corrected chi connectivity index (χ1v) is 8.21. The first-order valence-electron chi connectivity index (χ1n) is 6.40. The average molecular weight is 359 g/mol. The molecule has 0 fully saturated rings. The third-order valence-corrected chi connectivity index (χ3v) is 4.28. The molecule has 0 aliphatic carbocycles. The van der Waals surface area contributed by atoms with Crippen LogP contribution in [0, 0.1) is 0 Å². The van der Waals surface area contributed by atoms with Gasteiger partial charge in [0.2, 0.25) is 0 Å². The Kier molecular flexibility index (Phi) is 11.0. The van der Waals surface area contributed by atoms with E-state index in [1.165, 1.54) is 0 Å². The lowest BCUT2D eigenvalue weighted by molar-refractivity contribution is 0.215. The predicted octanol–water partition coefficient (Wildman–Crippen LogP) is 4.91. The number of hydrogen-bond acceptors (Lipinski definition) is 3. The molecule has 1 aromatic rings. The Bertz CT molecular complexity index is 391. The van der Waals surface area contributed by atoms with E-state index in [1.54, 1.807) is 12.1 Å². The maximum Gasteiger partial charge on any atom is 0.138 e. The van der Waals surface area contributed by atoms with E-state index in [9.17, 15) is 0 Å². The molecule has 0 saturated carbocycles. The second kappa shape index (κ2) is 10.9. The minimum Gasteiger partial charge on any atom is -0.488 e. The van der Waals surface area contributed by atoms with Gasteiger partial charge in [-0.2, -0.15) is 11.8 Å². The van der Waals surface area contributed by atoms with Crippen molar-refractivity contribution in [3.05, 3.63) is 28.2 Å². The lowest BCUT2D eigenvalue weighted by Crippen LogP contribution is -2.25. The Hall–Kier alpha value is 0.200. The topological polar surface area (TPSA) is 21.3 Å². The Labute approximate surface area is 142 Å². The van der Waals surface area contributed by atoms with Gasteiger partial charge in [-0.25, -0.2) is 0 Å². The summed E-state index contributed by atoms with van der Waals surface area (Å²) in [7, 11) is 1.95. The molecule has 20 heavy (non-hydrogen) atoms. The third-order valence-electron chi connectivity index (χ3n) is 2.52. The van der Waals surface area contributed by atoms with Crippen molar-refractivity contribution in [3.63, 3.8) is 0 Å². The molecular formula is C14H22Cl3NOS. The Balaban J connectivity index is 0.00000361. The van der Waals surface area contributed by atoms with Crippen LogP contribution < -0.4 is 10.1 Å². The smallest absolute Gasteiger partial charge is 0.138 e. The van der Waals surface area contributed by atoms with Gasteiger partial charge in [-0.15, -0.1) is 12.4 Å². The van der Waals surface area contributed by atoms with Crippen molar-refractivity contribution in [2.24, 2.45) is 0 Å². The molecule has 1 aromatic carbocycles. The molecule has 1 atom stereocenters. The number of rotatable bonds is 8. The highest BCUT2D eigenvalue weighted by molar-refractivity contribution is 7.99. The minimum absolute atomic E-state index is 0. The number of hydrogen-bond donors (Lipinski definition) is 1. The van der Waals surface area contributed by atoms with E-state index < -0.39 is 0 Å². The molecule has 0 radical (unpaired) electrons. The number of nitrogens with one attached hydrogen (secondary N) is 1. The monoisotopic (exact) mass is 357 g/mol. The summed E-state index contributed by atoms with van der Waals surface area (Å²) in [5.74, 6) is 1.66. The number of ether oxygens (including phenoxy) is 1. The number of benzene rings is 1. The van der Waals surface area contributed by atoms with Crippen molar-refractivity contribution in [3.8, 4) is 5.75 Å². The second-order valence-electron chi connectivity index (χ2n) is 4.59. The van der Waals surface area contributed by atoms with E-state index in [-0.39, 0.29) is 18.5 Å². The van der Waals surface area contributed by atoms with E-state index in [0.717, 1.165) is 18.7 Å². The molecule has 0 saturated heterocycles. The van der Waals surface area contributed by atoms with Crippen LogP contribution in [0.5, 0.6) is 5.75 Å². The highest BCUT2D eigenvalue weighted by Crippen LogP contribution is 2.29. The zero-order chi connectivity index (χ0) is 14.3. The Morgan fingerprint density at radius 2 is 2.00 bits per heavy atom. The van der Waals surface area contributed by atoms with Crippen LogP contribution in [0.15, 0.2) is 18.2 Å². The van der Waals surface area contributed by atoms with Gasteiger partial charge < -0.3 is 10.1 Å². The maximum absolute atomic E-state index is 6.14. The molecule has 116 valence electrons. The van der Waals surface area contributed by atoms with Crippen LogP contribution in [0.25, 0.3) is 0 Å². The summed E-state index contributed by atoms with van der Waals surface area (Å²) in [5.41, 5.74) is 0. The van der Waals surface area contributed by atoms with Crippen molar-refractivity contribution >= 4 is 47.4 Å². The SMILES string of the molecule is CNCC[C@H](CSC(C)C)Oc1ccc(Cl)cc1Cl.Cl. The van der Waals surface area contributed by atoms with Crippen LogP contribution in [0.3, 0.4) is 0 Å². The lowest BCUT2D eigenvalue weighted by Gasteiger charge is -2.20. The van der Waals surface area contributed by atoms with Gasteiger partial charge in [0.1, 0.15) is 11.9 Å². The van der Waals surface area contributed by atoms with Crippen LogP contribution >= 0.6 is 47.4 Å². The third kappa shape index (κ3) is 7.84. The van der Waals surface area contributed by atoms with E-state index >= 15 is 0 Å². The zero-order valence-electron chi connectivity index (χ0n) is 12.0. The minimum atomic E-state index is 0. The van der Waals surface area contributed by atoms with Crippen molar-refractivity contribution in [1.29, 1.82) is 0 Å². The van der Waals surface area contributed by atoms with Crippen molar-refractivity contribution in [2.75, 3.05) is 19.3 Å². The second-order valence-corrected chi connectivity index (χ2v) is 7.04. The van der Waals surface area contributed by atoms with E-state index in [1.807, 2.05) is 24.9 Å². The largest absolute Gasteiger partial charge is 0.488 e. The molecule has 0 unspecified atom stereocenters. The standard InChI is InChI=1S/C14H21Cl2NOS.ClH/c1-10(2)19-9-12(6-7-17-3)18-14-5-4-11(15)8-13(14)16;/h4-5,8,10,12,17H,6-7,9H2,1-3H3;1H/t12-;/m1./s1. The summed E-state index contributed by atoms with van der Waals surface area (Å²) in [4.78, 5) is 0. The molecule has 1 N–H and O–H groups in total. The summed E-state index contributed by atoms with van der Waals surface area (Å²) in [6.07, 6.45) is 1.10. The molecule has 0 aliphatic rings. The maximum atomic E-state index is 6.14. The molecule has 0 aromatic heterocycles. The zero-order valence-corrected chi connectivity index (χ0v) is 15.1. The number of halogens is 3. The molecule has 0 heterocycles. The first-order chi connectivity index (χ1) is 9.02. The average Bonchev–Trinajstić information content (AvgIpc) is 2.35. The highest BCUT2D eigenvalue weighted by Gasteiger charge is 2.13. The first kappa shape index (κ1) is 20.2. The molecule has 1 rings (SSSR count). The number of thioether (sulfide) groups is 1. The van der Waals surface area contributed by atoms with Crippen molar-refractivity contribution in [1.82, 2.24) is 5.32 Å². The van der Waals surface area contributed by atoms with Crippen LogP contribution in [0.2, 0.25) is 10.0 Å². The fourth-order valence-corrected chi connectivity index (χ4v) is 2.82. The van der Waals surface area contributed by atoms with Gasteiger partial charge in [0.25, 0.3) is 0 Å². The van der Waals surface area contributed by atoms with Crippen molar-refractivity contribution < 1.29 is 4.74 Å². The predicted molar refractivity (Wildman–Crippen MR) is 94.3 cm³/mol. The van der Waals surface area contributed by atoms with Gasteiger partial charge in [-0.3, -0.25) is 0 Å². The molecule has 2 nitrogen and oxygen atoms in total. The van der Waals surface area contributed by atoms with Crippen LogP contribution in [-0.2, 0) is 0 Å². The Morgan fingerprint density at radius 3 is 2.55 bits per heavy atom. The van der Waals surface area contributed by atoms with Gasteiger partial charge in [-0.05, 0) is 43.5 Å².